The van der Waals surface area contributed by atoms with Crippen molar-refractivity contribution in [1.29, 1.82) is 5.26 Å². The van der Waals surface area contributed by atoms with Gasteiger partial charge in [0, 0.05) is 16.7 Å². The molecule has 0 unspecified atom stereocenters. The van der Waals surface area contributed by atoms with Crippen LogP contribution in [0.25, 0.3) is 22.1 Å². The molecule has 2 heterocycles. The molecule has 0 aliphatic rings. The molecule has 122 valence electrons. The summed E-state index contributed by atoms with van der Waals surface area (Å²) in [5.41, 5.74) is 5.67. The van der Waals surface area contributed by atoms with Crippen LogP contribution in [0.4, 0.5) is 0 Å². The van der Waals surface area contributed by atoms with Crippen LogP contribution in [0.1, 0.15) is 23.6 Å². The maximum Gasteiger partial charge on any atom is 0.211 e. The average Bonchev–Trinajstić information content (AvgIpc) is 3.03. The fraction of sp³-hybridized carbons (Fsp3) is 0.158. The largest absolute Gasteiger partial charge is 0.338 e. The molecule has 1 N–H and O–H groups in total. The molecule has 0 aliphatic carbocycles. The van der Waals surface area contributed by atoms with Crippen LogP contribution in [0.5, 0.6) is 0 Å². The molecule has 0 radical (unpaired) electrons. The molecule has 5 nitrogen and oxygen atoms in total. The second kappa shape index (κ2) is 6.54. The fourth-order valence-electron chi connectivity index (χ4n) is 2.71. The predicted octanol–water partition coefficient (Wildman–Crippen LogP) is 4.23. The first-order valence-electron chi connectivity index (χ1n) is 8.03. The number of nitrogens with one attached hydrogen (secondary N) is 1. The Kier molecular flexibility index (Phi) is 4.08. The van der Waals surface area contributed by atoms with Gasteiger partial charge >= 0.3 is 0 Å². The van der Waals surface area contributed by atoms with Gasteiger partial charge in [-0.25, -0.2) is 4.98 Å². The number of thioether (sulfide) groups is 1. The first-order chi connectivity index (χ1) is 12.3. The van der Waals surface area contributed by atoms with E-state index in [0.29, 0.717) is 10.7 Å². The number of nitrogens with zero attached hydrogens (tertiary/aromatic N) is 4. The van der Waals surface area contributed by atoms with Crippen molar-refractivity contribution in [3.05, 3.63) is 59.2 Å². The topological polar surface area (TPSA) is 78.2 Å². The van der Waals surface area contributed by atoms with E-state index in [1.165, 1.54) is 17.3 Å². The molecule has 25 heavy (non-hydrogen) atoms. The number of hydrogen-bond donors (Lipinski definition) is 1. The van der Waals surface area contributed by atoms with Crippen molar-refractivity contribution in [2.45, 2.75) is 24.3 Å². The van der Waals surface area contributed by atoms with Crippen LogP contribution in [0.2, 0.25) is 0 Å². The van der Waals surface area contributed by atoms with Crippen molar-refractivity contribution in [2.75, 3.05) is 0 Å². The van der Waals surface area contributed by atoms with Gasteiger partial charge in [0.1, 0.15) is 5.52 Å². The first kappa shape index (κ1) is 15.6. The number of aryl methyl sites for hydroxylation is 1. The Labute approximate surface area is 149 Å². The number of benzene rings is 2. The second-order valence-corrected chi connectivity index (χ2v) is 6.69. The van der Waals surface area contributed by atoms with E-state index in [2.05, 4.69) is 51.4 Å². The first-order valence-corrected chi connectivity index (χ1v) is 9.02. The molecule has 0 aliphatic heterocycles. The molecular formula is C19H15N5S. The zero-order chi connectivity index (χ0) is 17.2. The van der Waals surface area contributed by atoms with Gasteiger partial charge in [-0.15, -0.1) is 10.2 Å². The number of H-pyrrole nitrogens is 1. The van der Waals surface area contributed by atoms with E-state index in [-0.39, 0.29) is 0 Å². The summed E-state index contributed by atoms with van der Waals surface area (Å²) in [6.07, 6.45) is 0.988. The van der Waals surface area contributed by atoms with E-state index in [4.69, 9.17) is 5.26 Å². The molecule has 0 saturated heterocycles. The molecule has 2 aromatic heterocycles. The smallest absolute Gasteiger partial charge is 0.211 e. The Morgan fingerprint density at radius 3 is 2.64 bits per heavy atom. The van der Waals surface area contributed by atoms with E-state index < -0.39 is 0 Å². The standard InChI is InChI=1S/C19H15N5S/c1-2-12-7-8-16-15(9-12)17-18(21-16)22-19(24-23-17)25-11-14-5-3-13(10-20)4-6-14/h3-9H,2,11H2,1H3,(H,21,22,24). The van der Waals surface area contributed by atoms with Crippen LogP contribution in [-0.2, 0) is 12.2 Å². The number of nitriles is 1. The van der Waals surface area contributed by atoms with Gasteiger partial charge in [0.2, 0.25) is 5.16 Å². The Morgan fingerprint density at radius 2 is 1.88 bits per heavy atom. The summed E-state index contributed by atoms with van der Waals surface area (Å²) in [7, 11) is 0. The van der Waals surface area contributed by atoms with Gasteiger partial charge < -0.3 is 4.98 Å². The molecule has 0 saturated carbocycles. The number of rotatable bonds is 4. The van der Waals surface area contributed by atoms with Crippen LogP contribution < -0.4 is 0 Å². The molecule has 0 spiro atoms. The van der Waals surface area contributed by atoms with Gasteiger partial charge in [-0.05, 0) is 41.8 Å². The van der Waals surface area contributed by atoms with E-state index in [9.17, 15) is 0 Å². The summed E-state index contributed by atoms with van der Waals surface area (Å²) in [4.78, 5) is 7.92. The highest BCUT2D eigenvalue weighted by Gasteiger charge is 2.10. The van der Waals surface area contributed by atoms with Gasteiger partial charge in [0.25, 0.3) is 0 Å². The summed E-state index contributed by atoms with van der Waals surface area (Å²) in [5, 5.41) is 19.2. The maximum atomic E-state index is 8.84. The molecule has 4 aromatic rings. The van der Waals surface area contributed by atoms with Crippen LogP contribution in [-0.4, -0.2) is 20.2 Å². The number of fused-ring (bicyclic) bond motifs is 3. The second-order valence-electron chi connectivity index (χ2n) is 5.75. The van der Waals surface area contributed by atoms with Gasteiger partial charge in [-0.1, -0.05) is 36.9 Å². The van der Waals surface area contributed by atoms with Crippen LogP contribution in [0, 0.1) is 11.3 Å². The normalized spacial score (nSPS) is 11.0. The predicted molar refractivity (Wildman–Crippen MR) is 99.3 cm³/mol. The minimum atomic E-state index is 0.638. The molecule has 2 aromatic carbocycles. The van der Waals surface area contributed by atoms with E-state index >= 15 is 0 Å². The molecule has 0 fully saturated rings. The SMILES string of the molecule is CCc1ccc2[nH]c3nc(SCc4ccc(C#N)cc4)nnc3c2c1. The lowest BCUT2D eigenvalue weighted by Crippen LogP contribution is -1.92. The summed E-state index contributed by atoms with van der Waals surface area (Å²) in [5.74, 6) is 0.735. The highest BCUT2D eigenvalue weighted by molar-refractivity contribution is 7.98. The van der Waals surface area contributed by atoms with Gasteiger partial charge in [-0.2, -0.15) is 5.26 Å². The van der Waals surface area contributed by atoms with Gasteiger partial charge in [0.15, 0.2) is 5.65 Å². The minimum Gasteiger partial charge on any atom is -0.338 e. The van der Waals surface area contributed by atoms with Crippen LogP contribution in [0.3, 0.4) is 0 Å². The lowest BCUT2D eigenvalue weighted by atomic mass is 10.1. The highest BCUT2D eigenvalue weighted by atomic mass is 32.2. The Bertz CT molecular complexity index is 1090. The Morgan fingerprint density at radius 1 is 1.08 bits per heavy atom. The van der Waals surface area contributed by atoms with E-state index in [0.717, 1.165) is 39.8 Å². The van der Waals surface area contributed by atoms with Crippen LogP contribution in [0.15, 0.2) is 47.6 Å². The Hall–Kier alpha value is -2.91. The van der Waals surface area contributed by atoms with Crippen molar-refractivity contribution < 1.29 is 0 Å². The fourth-order valence-corrected chi connectivity index (χ4v) is 3.45. The third kappa shape index (κ3) is 3.06. The number of hydrogen-bond acceptors (Lipinski definition) is 5. The summed E-state index contributed by atoms with van der Waals surface area (Å²) in [6, 6.07) is 16.0. The van der Waals surface area contributed by atoms with Gasteiger partial charge in [0.05, 0.1) is 11.6 Å². The number of aromatic nitrogens is 4. The number of aromatic amines is 1. The molecule has 0 amide bonds. The molecule has 4 rings (SSSR count). The summed E-state index contributed by atoms with van der Waals surface area (Å²) < 4.78 is 0. The van der Waals surface area contributed by atoms with Crippen molar-refractivity contribution in [1.82, 2.24) is 20.2 Å². The zero-order valence-corrected chi connectivity index (χ0v) is 14.5. The monoisotopic (exact) mass is 345 g/mol. The van der Waals surface area contributed by atoms with E-state index in [1.807, 2.05) is 24.3 Å². The molecule has 0 atom stereocenters. The maximum absolute atomic E-state index is 8.84. The zero-order valence-electron chi connectivity index (χ0n) is 13.7. The third-order valence-corrected chi connectivity index (χ3v) is 5.03. The highest BCUT2D eigenvalue weighted by Crippen LogP contribution is 2.26. The third-order valence-electron chi connectivity index (χ3n) is 4.12. The Balaban J connectivity index is 1.60. The van der Waals surface area contributed by atoms with E-state index in [1.54, 1.807) is 0 Å². The molecule has 0 bridgehead atoms. The van der Waals surface area contributed by atoms with Crippen molar-refractivity contribution in [2.24, 2.45) is 0 Å². The summed E-state index contributed by atoms with van der Waals surface area (Å²) in [6.45, 7) is 2.14. The van der Waals surface area contributed by atoms with Crippen molar-refractivity contribution >= 4 is 33.8 Å². The molecular weight excluding hydrogens is 330 g/mol. The minimum absolute atomic E-state index is 0.638. The molecule has 6 heteroatoms. The van der Waals surface area contributed by atoms with Crippen molar-refractivity contribution in [3.63, 3.8) is 0 Å². The van der Waals surface area contributed by atoms with Crippen LogP contribution >= 0.6 is 11.8 Å². The summed E-state index contributed by atoms with van der Waals surface area (Å²) >= 11 is 1.53. The quantitative estimate of drug-likeness (QED) is 0.560. The average molecular weight is 345 g/mol. The van der Waals surface area contributed by atoms with Crippen molar-refractivity contribution in [3.8, 4) is 6.07 Å². The lowest BCUT2D eigenvalue weighted by Gasteiger charge is -2.00. The van der Waals surface area contributed by atoms with Gasteiger partial charge in [-0.3, -0.25) is 0 Å². The lowest BCUT2D eigenvalue weighted by molar-refractivity contribution is 0.878.